The minimum absolute atomic E-state index is 0.0194. The summed E-state index contributed by atoms with van der Waals surface area (Å²) in [5, 5.41) is 2.92. The Morgan fingerprint density at radius 3 is 3.12 bits per heavy atom. The van der Waals surface area contributed by atoms with E-state index in [0.717, 1.165) is 17.7 Å². The standard InChI is InChI=1S/C18H18FNO4/c19-13-6-11(17-12(7-13)9-22-10-24-17)3-4-20-18(21)15-8-14(15)16-2-1-5-23-16/h1-2,5-7,14-15H,3-4,8-10H2,(H,20,21)/t14-,15+/m0/s1. The van der Waals surface area contributed by atoms with Crippen molar-refractivity contribution in [3.8, 4) is 5.75 Å². The third-order valence-corrected chi connectivity index (χ3v) is 4.48. The summed E-state index contributed by atoms with van der Waals surface area (Å²) < 4.78 is 29.7. The molecule has 2 heterocycles. The molecule has 2 aliphatic rings. The lowest BCUT2D eigenvalue weighted by molar-refractivity contribution is -0.122. The summed E-state index contributed by atoms with van der Waals surface area (Å²) in [7, 11) is 0. The van der Waals surface area contributed by atoms with Gasteiger partial charge in [-0.15, -0.1) is 0 Å². The van der Waals surface area contributed by atoms with Crippen LogP contribution in [-0.4, -0.2) is 19.2 Å². The second-order valence-electron chi connectivity index (χ2n) is 6.17. The van der Waals surface area contributed by atoms with Crippen molar-refractivity contribution in [3.63, 3.8) is 0 Å². The first kappa shape index (κ1) is 15.2. The number of carbonyl (C=O) groups is 1. The van der Waals surface area contributed by atoms with Crippen LogP contribution in [0.15, 0.2) is 34.9 Å². The van der Waals surface area contributed by atoms with Crippen LogP contribution in [0.2, 0.25) is 0 Å². The number of carbonyl (C=O) groups excluding carboxylic acids is 1. The fourth-order valence-corrected chi connectivity index (χ4v) is 3.20. The van der Waals surface area contributed by atoms with Gasteiger partial charge in [0.15, 0.2) is 6.79 Å². The van der Waals surface area contributed by atoms with Crippen LogP contribution in [0.1, 0.15) is 29.2 Å². The van der Waals surface area contributed by atoms with Gasteiger partial charge < -0.3 is 19.2 Å². The van der Waals surface area contributed by atoms with Gasteiger partial charge in [0.05, 0.1) is 12.9 Å². The Labute approximate surface area is 138 Å². The molecular formula is C18H18FNO4. The molecule has 5 nitrogen and oxygen atoms in total. The van der Waals surface area contributed by atoms with E-state index in [1.54, 1.807) is 6.26 Å². The molecule has 0 bridgehead atoms. The molecule has 1 fully saturated rings. The van der Waals surface area contributed by atoms with Crippen molar-refractivity contribution in [2.75, 3.05) is 13.3 Å². The van der Waals surface area contributed by atoms with Crippen LogP contribution in [0.4, 0.5) is 4.39 Å². The van der Waals surface area contributed by atoms with Crippen molar-refractivity contribution >= 4 is 5.91 Å². The van der Waals surface area contributed by atoms with E-state index in [9.17, 15) is 9.18 Å². The highest BCUT2D eigenvalue weighted by molar-refractivity contribution is 5.82. The number of nitrogens with one attached hydrogen (secondary N) is 1. The average Bonchev–Trinajstić information content (AvgIpc) is 3.20. The fourth-order valence-electron chi connectivity index (χ4n) is 3.20. The first-order valence-electron chi connectivity index (χ1n) is 8.05. The largest absolute Gasteiger partial charge is 0.469 e. The first-order chi connectivity index (χ1) is 11.7. The van der Waals surface area contributed by atoms with E-state index >= 15 is 0 Å². The Morgan fingerprint density at radius 1 is 1.38 bits per heavy atom. The van der Waals surface area contributed by atoms with E-state index in [1.165, 1.54) is 12.1 Å². The molecule has 2 aromatic rings. The lowest BCUT2D eigenvalue weighted by Gasteiger charge is -2.21. The van der Waals surface area contributed by atoms with E-state index in [0.29, 0.717) is 30.9 Å². The molecule has 1 N–H and O–H groups in total. The van der Waals surface area contributed by atoms with E-state index in [4.69, 9.17) is 13.9 Å². The highest BCUT2D eigenvalue weighted by Gasteiger charge is 2.45. The van der Waals surface area contributed by atoms with E-state index in [2.05, 4.69) is 5.32 Å². The van der Waals surface area contributed by atoms with Gasteiger partial charge in [0.2, 0.25) is 5.91 Å². The van der Waals surface area contributed by atoms with Crippen LogP contribution in [0.25, 0.3) is 0 Å². The zero-order valence-electron chi connectivity index (χ0n) is 13.1. The number of rotatable bonds is 5. The fraction of sp³-hybridized carbons (Fsp3) is 0.389. The second kappa shape index (κ2) is 6.28. The van der Waals surface area contributed by atoms with Gasteiger partial charge in [0, 0.05) is 23.9 Å². The van der Waals surface area contributed by atoms with Gasteiger partial charge in [-0.2, -0.15) is 0 Å². The second-order valence-corrected chi connectivity index (χ2v) is 6.17. The minimum atomic E-state index is -0.316. The van der Waals surface area contributed by atoms with Gasteiger partial charge in [-0.25, -0.2) is 4.39 Å². The van der Waals surface area contributed by atoms with Crippen LogP contribution in [0, 0.1) is 11.7 Å². The van der Waals surface area contributed by atoms with Crippen LogP contribution in [0.3, 0.4) is 0 Å². The molecule has 4 rings (SSSR count). The highest BCUT2D eigenvalue weighted by atomic mass is 19.1. The van der Waals surface area contributed by atoms with Crippen molar-refractivity contribution in [2.24, 2.45) is 5.92 Å². The molecule has 2 atom stereocenters. The number of furan rings is 1. The van der Waals surface area contributed by atoms with Crippen LogP contribution in [0.5, 0.6) is 5.75 Å². The Hall–Kier alpha value is -2.34. The topological polar surface area (TPSA) is 60.7 Å². The van der Waals surface area contributed by atoms with E-state index < -0.39 is 0 Å². The van der Waals surface area contributed by atoms with Crippen molar-refractivity contribution in [3.05, 3.63) is 53.2 Å². The number of amides is 1. The predicted octanol–water partition coefficient (Wildman–Crippen LogP) is 2.75. The van der Waals surface area contributed by atoms with Crippen molar-refractivity contribution in [2.45, 2.75) is 25.4 Å². The van der Waals surface area contributed by atoms with Gasteiger partial charge in [-0.1, -0.05) is 0 Å². The van der Waals surface area contributed by atoms with Gasteiger partial charge in [-0.3, -0.25) is 4.79 Å². The average molecular weight is 331 g/mol. The molecule has 1 aromatic heterocycles. The number of ether oxygens (including phenoxy) is 2. The van der Waals surface area contributed by atoms with Crippen molar-refractivity contribution < 1.29 is 23.1 Å². The molecule has 0 saturated heterocycles. The number of fused-ring (bicyclic) bond motifs is 1. The Kier molecular flexibility index (Phi) is 3.98. The highest BCUT2D eigenvalue weighted by Crippen LogP contribution is 2.47. The van der Waals surface area contributed by atoms with Crippen LogP contribution in [-0.2, 0) is 22.6 Å². The molecule has 24 heavy (non-hydrogen) atoms. The number of halogens is 1. The van der Waals surface area contributed by atoms with Crippen LogP contribution >= 0.6 is 0 Å². The normalized spacial score (nSPS) is 21.7. The Morgan fingerprint density at radius 2 is 2.29 bits per heavy atom. The maximum Gasteiger partial charge on any atom is 0.223 e. The third-order valence-electron chi connectivity index (χ3n) is 4.48. The molecule has 0 spiro atoms. The lowest BCUT2D eigenvalue weighted by atomic mass is 10.1. The molecule has 1 aliphatic heterocycles. The van der Waals surface area contributed by atoms with Gasteiger partial charge in [0.25, 0.3) is 0 Å². The SMILES string of the molecule is O=C(NCCc1cc(F)cc2c1OCOC2)[C@@H]1C[C@@H]1c1ccco1. The zero-order chi connectivity index (χ0) is 16.5. The summed E-state index contributed by atoms with van der Waals surface area (Å²) >= 11 is 0. The number of hydrogen-bond donors (Lipinski definition) is 1. The molecular weight excluding hydrogens is 313 g/mol. The van der Waals surface area contributed by atoms with Gasteiger partial charge in [0.1, 0.15) is 17.3 Å². The summed E-state index contributed by atoms with van der Waals surface area (Å²) in [6.07, 6.45) is 2.96. The molecule has 0 radical (unpaired) electrons. The molecule has 1 amide bonds. The third kappa shape index (κ3) is 3.01. The zero-order valence-corrected chi connectivity index (χ0v) is 13.1. The van der Waals surface area contributed by atoms with E-state index in [-0.39, 0.29) is 30.4 Å². The summed E-state index contributed by atoms with van der Waals surface area (Å²) in [5.41, 5.74) is 1.47. The maximum atomic E-state index is 13.7. The Balaban J connectivity index is 1.33. The van der Waals surface area contributed by atoms with E-state index in [1.807, 2.05) is 12.1 Å². The quantitative estimate of drug-likeness (QED) is 0.915. The van der Waals surface area contributed by atoms with Gasteiger partial charge >= 0.3 is 0 Å². The molecule has 1 aromatic carbocycles. The molecule has 1 saturated carbocycles. The summed E-state index contributed by atoms with van der Waals surface area (Å²) in [5.74, 6) is 1.40. The molecule has 126 valence electrons. The Bertz CT molecular complexity index is 744. The molecule has 6 heteroatoms. The summed E-state index contributed by atoms with van der Waals surface area (Å²) in [4.78, 5) is 12.2. The molecule has 1 aliphatic carbocycles. The van der Waals surface area contributed by atoms with Crippen molar-refractivity contribution in [1.29, 1.82) is 0 Å². The lowest BCUT2D eigenvalue weighted by Crippen LogP contribution is -2.28. The van der Waals surface area contributed by atoms with Crippen molar-refractivity contribution in [1.82, 2.24) is 5.32 Å². The minimum Gasteiger partial charge on any atom is -0.469 e. The predicted molar refractivity (Wildman–Crippen MR) is 83.0 cm³/mol. The molecule has 0 unspecified atom stereocenters. The summed E-state index contributed by atoms with van der Waals surface area (Å²) in [6, 6.07) is 6.61. The van der Waals surface area contributed by atoms with Gasteiger partial charge in [-0.05, 0) is 42.7 Å². The smallest absolute Gasteiger partial charge is 0.223 e. The summed E-state index contributed by atoms with van der Waals surface area (Å²) in [6.45, 7) is 0.963. The monoisotopic (exact) mass is 331 g/mol. The maximum absolute atomic E-state index is 13.7. The number of benzene rings is 1. The first-order valence-corrected chi connectivity index (χ1v) is 8.05. The van der Waals surface area contributed by atoms with Crippen LogP contribution < -0.4 is 10.1 Å². The number of hydrogen-bond acceptors (Lipinski definition) is 4.